The van der Waals surface area contributed by atoms with Crippen LogP contribution < -0.4 is 37.8 Å². The zero-order valence-electron chi connectivity index (χ0n) is 30.0. The summed E-state index contributed by atoms with van der Waals surface area (Å²) >= 11 is 0. The van der Waals surface area contributed by atoms with Gasteiger partial charge in [-0.2, -0.15) is 21.9 Å². The molecule has 0 aliphatic carbocycles. The second-order valence-corrected chi connectivity index (χ2v) is 16.9. The molecule has 0 heterocycles. The van der Waals surface area contributed by atoms with Crippen molar-refractivity contribution in [3.63, 3.8) is 0 Å². The van der Waals surface area contributed by atoms with Crippen LogP contribution in [0.5, 0.6) is 0 Å². The summed E-state index contributed by atoms with van der Waals surface area (Å²) in [6.07, 6.45) is 1.74. The molecule has 53 heavy (non-hydrogen) atoms. The first-order chi connectivity index (χ1) is 26.3. The van der Waals surface area contributed by atoms with Crippen LogP contribution in [0.25, 0.3) is 6.08 Å². The van der Waals surface area contributed by atoms with Gasteiger partial charge in [-0.25, -0.2) is 0 Å². The van der Waals surface area contributed by atoms with E-state index in [1.165, 1.54) is 48.9 Å². The molecule has 0 amide bonds. The Labute approximate surface area is 316 Å². The van der Waals surface area contributed by atoms with Crippen molar-refractivity contribution in [2.45, 2.75) is 6.16 Å². The molecule has 0 aliphatic heterocycles. The van der Waals surface area contributed by atoms with Crippen molar-refractivity contribution in [1.29, 1.82) is 0 Å². The quantitative estimate of drug-likeness (QED) is 0.0990. The van der Waals surface area contributed by atoms with E-state index in [0.29, 0.717) is 0 Å². The minimum Gasteiger partial charge on any atom is -0.195 e. The summed E-state index contributed by atoms with van der Waals surface area (Å²) in [7, 11) is -1.86. The third-order valence-corrected chi connectivity index (χ3v) is 14.8. The van der Waals surface area contributed by atoms with Gasteiger partial charge in [0.25, 0.3) is 0 Å². The summed E-state index contributed by atoms with van der Waals surface area (Å²) in [4.78, 5) is 0. The lowest BCUT2D eigenvalue weighted by Crippen LogP contribution is -2.74. The van der Waals surface area contributed by atoms with Gasteiger partial charge in [0, 0.05) is 0 Å². The van der Waals surface area contributed by atoms with Crippen molar-refractivity contribution < 1.29 is 0 Å². The lowest BCUT2D eigenvalue weighted by molar-refractivity contribution is 1.37. The zero-order chi connectivity index (χ0) is 36.2. The summed E-state index contributed by atoms with van der Waals surface area (Å²) in [5.41, 5.74) is 7.92. The Hall–Kier alpha value is -6.01. The maximum absolute atomic E-state index is 4.05. The number of hydrogen-bond acceptors (Lipinski definition) is 0. The van der Waals surface area contributed by atoms with E-state index in [2.05, 4.69) is 243 Å². The Balaban J connectivity index is 0.000000165. The molecule has 256 valence electrons. The average molecular weight is 699 g/mol. The fourth-order valence-corrected chi connectivity index (χ4v) is 12.3. The Morgan fingerprint density at radius 1 is 0.340 bits per heavy atom. The molecule has 0 nitrogen and oxygen atoms in total. The van der Waals surface area contributed by atoms with E-state index in [1.807, 2.05) is 6.08 Å². The summed E-state index contributed by atoms with van der Waals surface area (Å²) in [6.45, 7) is 4.05. The first-order valence-corrected chi connectivity index (χ1v) is 20.4. The van der Waals surface area contributed by atoms with E-state index in [1.54, 1.807) is 0 Å². The van der Waals surface area contributed by atoms with Crippen molar-refractivity contribution in [3.05, 3.63) is 254 Å². The highest BCUT2D eigenvalue weighted by Crippen LogP contribution is 2.58. The summed E-state index contributed by atoms with van der Waals surface area (Å²) in [6, 6.07) is 85.2. The molecule has 0 unspecified atom stereocenters. The molecule has 0 aromatic heterocycles. The highest BCUT2D eigenvalue weighted by molar-refractivity contribution is 7.95. The average Bonchev–Trinajstić information content (AvgIpc) is 3.26. The topological polar surface area (TPSA) is 0 Å². The van der Waals surface area contributed by atoms with Crippen molar-refractivity contribution >= 4 is 57.2 Å². The second kappa shape index (κ2) is 17.0. The summed E-state index contributed by atoms with van der Waals surface area (Å²) < 4.78 is 0. The molecule has 0 spiro atoms. The third kappa shape index (κ3) is 7.36. The SMILES string of the molecule is C=Cc1ccccc1C[P+](c1ccccc1)(c1ccccc1)c1ccccc1.c1ccc([B-](c2ccccc2)(c2ccccc2)c2ccccc2)cc1. The standard InChI is InChI=1S/C27H24P.C24H20B/c1-2-23-14-12-13-15-24(23)22-28(25-16-6-3-7-17-25,26-18-8-4-9-19-26)27-20-10-5-11-21-27;1-5-13-21(14-6-1)25(22-15-7-2-8-16-22,23-17-9-3-10-18-23)24-19-11-4-12-20-24/h2-21H,1,22H2;1-20H/q+1;-1. The van der Waals surface area contributed by atoms with Crippen LogP contribution in [-0.4, -0.2) is 6.15 Å². The Bertz CT molecular complexity index is 2030. The van der Waals surface area contributed by atoms with Gasteiger partial charge >= 0.3 is 0 Å². The Morgan fingerprint density at radius 2 is 0.604 bits per heavy atom. The molecular weight excluding hydrogens is 654 g/mol. The number of benzene rings is 8. The molecule has 0 atom stereocenters. The van der Waals surface area contributed by atoms with Crippen molar-refractivity contribution in [1.82, 2.24) is 0 Å². The largest absolute Gasteiger partial charge is 0.195 e. The van der Waals surface area contributed by atoms with Gasteiger partial charge in [-0.05, 0) is 47.5 Å². The van der Waals surface area contributed by atoms with Crippen molar-refractivity contribution in [3.8, 4) is 0 Å². The van der Waals surface area contributed by atoms with E-state index in [0.717, 1.165) is 6.16 Å². The van der Waals surface area contributed by atoms with Gasteiger partial charge in [0.15, 0.2) is 0 Å². The van der Waals surface area contributed by atoms with Crippen LogP contribution in [0.3, 0.4) is 0 Å². The molecular formula is C51H44BP. The molecule has 0 N–H and O–H groups in total. The molecule has 0 bridgehead atoms. The molecule has 0 fully saturated rings. The monoisotopic (exact) mass is 698 g/mol. The lowest BCUT2D eigenvalue weighted by atomic mass is 9.13. The number of hydrogen-bond donors (Lipinski definition) is 0. The first-order valence-electron chi connectivity index (χ1n) is 18.4. The minimum absolute atomic E-state index is 0.979. The Kier molecular flexibility index (Phi) is 11.4. The van der Waals surface area contributed by atoms with Crippen molar-refractivity contribution in [2.75, 3.05) is 0 Å². The van der Waals surface area contributed by atoms with Gasteiger partial charge in [0.1, 0.15) is 29.3 Å². The van der Waals surface area contributed by atoms with E-state index >= 15 is 0 Å². The summed E-state index contributed by atoms with van der Waals surface area (Å²) in [5.74, 6) is 0. The van der Waals surface area contributed by atoms with Gasteiger partial charge in [-0.1, -0.05) is 213 Å². The van der Waals surface area contributed by atoms with Crippen LogP contribution in [0, 0.1) is 0 Å². The van der Waals surface area contributed by atoms with Gasteiger partial charge in [0.2, 0.25) is 0 Å². The third-order valence-electron chi connectivity index (χ3n) is 10.5. The van der Waals surface area contributed by atoms with Crippen molar-refractivity contribution in [2.24, 2.45) is 0 Å². The number of rotatable bonds is 10. The molecule has 0 aliphatic rings. The second-order valence-electron chi connectivity index (χ2n) is 13.4. The molecule has 0 saturated carbocycles. The molecule has 8 aromatic carbocycles. The maximum atomic E-state index is 4.05. The molecule has 8 rings (SSSR count). The maximum Gasteiger partial charge on any atom is 0.116 e. The fourth-order valence-electron chi connectivity index (χ4n) is 8.02. The van der Waals surface area contributed by atoms with Gasteiger partial charge in [-0.3, -0.25) is 0 Å². The molecule has 2 heteroatoms. The predicted molar refractivity (Wildman–Crippen MR) is 235 cm³/mol. The Morgan fingerprint density at radius 3 is 0.906 bits per heavy atom. The van der Waals surface area contributed by atoms with E-state index < -0.39 is 13.4 Å². The van der Waals surface area contributed by atoms with E-state index in [4.69, 9.17) is 0 Å². The van der Waals surface area contributed by atoms with Crippen LogP contribution in [0.1, 0.15) is 11.1 Å². The summed E-state index contributed by atoms with van der Waals surface area (Å²) in [5, 5.41) is 4.23. The van der Waals surface area contributed by atoms with Crippen LogP contribution in [0.2, 0.25) is 0 Å². The van der Waals surface area contributed by atoms with Crippen LogP contribution in [0.15, 0.2) is 243 Å². The molecule has 8 aromatic rings. The molecule has 0 saturated heterocycles. The minimum atomic E-state index is -1.86. The smallest absolute Gasteiger partial charge is 0.116 e. The lowest BCUT2D eigenvalue weighted by Gasteiger charge is -2.44. The zero-order valence-corrected chi connectivity index (χ0v) is 30.9. The van der Waals surface area contributed by atoms with Gasteiger partial charge < -0.3 is 0 Å². The van der Waals surface area contributed by atoms with Crippen LogP contribution >= 0.6 is 7.26 Å². The predicted octanol–water partition coefficient (Wildman–Crippen LogP) is 8.89. The first kappa shape index (κ1) is 35.4. The van der Waals surface area contributed by atoms with Crippen LogP contribution in [0.4, 0.5) is 0 Å². The highest BCUT2D eigenvalue weighted by Gasteiger charge is 2.45. The van der Waals surface area contributed by atoms with Gasteiger partial charge in [-0.15, -0.1) is 0 Å². The van der Waals surface area contributed by atoms with Crippen LogP contribution in [-0.2, 0) is 6.16 Å². The van der Waals surface area contributed by atoms with E-state index in [9.17, 15) is 0 Å². The normalized spacial score (nSPS) is 11.2. The highest BCUT2D eigenvalue weighted by atomic mass is 31.2. The molecule has 0 radical (unpaired) electrons. The van der Waals surface area contributed by atoms with E-state index in [-0.39, 0.29) is 0 Å². The van der Waals surface area contributed by atoms with Gasteiger partial charge in [0.05, 0.1) is 6.16 Å². The fraction of sp³-hybridized carbons (Fsp3) is 0.0196.